The minimum absolute atomic E-state index is 0.168. The molecule has 27 heavy (non-hydrogen) atoms. The van der Waals surface area contributed by atoms with Crippen molar-refractivity contribution >= 4 is 23.4 Å². The summed E-state index contributed by atoms with van der Waals surface area (Å²) in [6.07, 6.45) is 3.96. The van der Waals surface area contributed by atoms with Crippen LogP contribution < -0.4 is 11.1 Å². The van der Waals surface area contributed by atoms with E-state index in [-0.39, 0.29) is 12.0 Å². The zero-order chi connectivity index (χ0) is 19.2. The number of para-hydroxylation sites is 2. The number of benzene rings is 2. The molecule has 1 atom stereocenters. The van der Waals surface area contributed by atoms with Crippen LogP contribution in [-0.4, -0.2) is 41.7 Å². The third kappa shape index (κ3) is 5.42. The average Bonchev–Trinajstić information content (AvgIpc) is 2.65. The first-order valence-corrected chi connectivity index (χ1v) is 9.37. The van der Waals surface area contributed by atoms with Crippen molar-refractivity contribution in [2.45, 2.75) is 25.9 Å². The Hall–Kier alpha value is -2.63. The number of hydrogen-bond donors (Lipinski definition) is 3. The third-order valence-corrected chi connectivity index (χ3v) is 4.77. The number of nitrogens with one attached hydrogen (secondary N) is 1. The number of anilines is 2. The minimum Gasteiger partial charge on any atom is -0.397 e. The molecule has 0 saturated carbocycles. The molecule has 1 unspecified atom stereocenters. The van der Waals surface area contributed by atoms with Crippen molar-refractivity contribution in [3.8, 4) is 0 Å². The van der Waals surface area contributed by atoms with Gasteiger partial charge in [-0.15, -0.1) is 0 Å². The number of likely N-dealkylation sites (tertiary alicyclic amines) is 1. The van der Waals surface area contributed by atoms with Gasteiger partial charge >= 0.3 is 0 Å². The zero-order valence-corrected chi connectivity index (χ0v) is 15.7. The van der Waals surface area contributed by atoms with Gasteiger partial charge in [0.15, 0.2) is 0 Å². The lowest BCUT2D eigenvalue weighted by molar-refractivity contribution is 0.102. The van der Waals surface area contributed by atoms with E-state index in [4.69, 9.17) is 5.73 Å². The maximum absolute atomic E-state index is 12.4. The number of piperidine rings is 1. The van der Waals surface area contributed by atoms with Gasteiger partial charge in [-0.2, -0.15) is 0 Å². The molecule has 2 aromatic carbocycles. The van der Waals surface area contributed by atoms with E-state index in [2.05, 4.69) is 16.3 Å². The van der Waals surface area contributed by atoms with Crippen LogP contribution in [0.3, 0.4) is 0 Å². The number of aliphatic hydroxyl groups is 1. The fraction of sp³-hybridized carbons (Fsp3) is 0.318. The van der Waals surface area contributed by atoms with E-state index in [0.29, 0.717) is 16.9 Å². The molecule has 142 valence electrons. The van der Waals surface area contributed by atoms with Crippen LogP contribution in [0, 0.1) is 0 Å². The second-order valence-electron chi connectivity index (χ2n) is 7.12. The summed E-state index contributed by atoms with van der Waals surface area (Å²) in [7, 11) is 0. The van der Waals surface area contributed by atoms with Crippen LogP contribution in [0.5, 0.6) is 0 Å². The van der Waals surface area contributed by atoms with Crippen LogP contribution in [0.15, 0.2) is 54.1 Å². The van der Waals surface area contributed by atoms with Crippen LogP contribution in [0.1, 0.15) is 35.7 Å². The Morgan fingerprint density at radius 2 is 1.85 bits per heavy atom. The van der Waals surface area contributed by atoms with Crippen LogP contribution >= 0.6 is 0 Å². The molecule has 4 N–H and O–H groups in total. The summed E-state index contributed by atoms with van der Waals surface area (Å²) in [5.74, 6) is -0.168. The van der Waals surface area contributed by atoms with Gasteiger partial charge < -0.3 is 21.1 Å². The SMILES string of the molecule is CC(O)CN1CCC(=Cc2ccc(C(=O)Nc3ccccc3N)cc2)CC1. The lowest BCUT2D eigenvalue weighted by Crippen LogP contribution is -2.35. The van der Waals surface area contributed by atoms with Gasteiger partial charge in [0.05, 0.1) is 17.5 Å². The van der Waals surface area contributed by atoms with E-state index in [0.717, 1.165) is 38.0 Å². The number of nitrogen functional groups attached to an aromatic ring is 1. The van der Waals surface area contributed by atoms with Gasteiger partial charge in [-0.1, -0.05) is 35.9 Å². The molecule has 1 fully saturated rings. The molecule has 5 nitrogen and oxygen atoms in total. The van der Waals surface area contributed by atoms with Gasteiger partial charge in [-0.3, -0.25) is 4.79 Å². The summed E-state index contributed by atoms with van der Waals surface area (Å²) in [6, 6.07) is 14.8. The van der Waals surface area contributed by atoms with E-state index in [9.17, 15) is 9.90 Å². The molecule has 1 saturated heterocycles. The van der Waals surface area contributed by atoms with E-state index < -0.39 is 0 Å². The van der Waals surface area contributed by atoms with Gasteiger partial charge in [0, 0.05) is 25.2 Å². The van der Waals surface area contributed by atoms with Gasteiger partial charge in [0.2, 0.25) is 0 Å². The van der Waals surface area contributed by atoms with E-state index in [1.54, 1.807) is 12.1 Å². The largest absolute Gasteiger partial charge is 0.397 e. The van der Waals surface area contributed by atoms with Crippen LogP contribution in [-0.2, 0) is 0 Å². The highest BCUT2D eigenvalue weighted by Crippen LogP contribution is 2.21. The van der Waals surface area contributed by atoms with Crippen LogP contribution in [0.4, 0.5) is 11.4 Å². The van der Waals surface area contributed by atoms with Crippen molar-refractivity contribution in [1.82, 2.24) is 4.90 Å². The number of hydrogen-bond acceptors (Lipinski definition) is 4. The smallest absolute Gasteiger partial charge is 0.255 e. The van der Waals surface area contributed by atoms with Crippen molar-refractivity contribution < 1.29 is 9.90 Å². The molecule has 1 aliphatic heterocycles. The molecule has 1 amide bonds. The topological polar surface area (TPSA) is 78.6 Å². The van der Waals surface area contributed by atoms with E-state index >= 15 is 0 Å². The molecular weight excluding hydrogens is 338 g/mol. The molecule has 0 radical (unpaired) electrons. The summed E-state index contributed by atoms with van der Waals surface area (Å²) in [4.78, 5) is 14.7. The van der Waals surface area contributed by atoms with Crippen molar-refractivity contribution in [1.29, 1.82) is 0 Å². The number of carbonyl (C=O) groups excluding carboxylic acids is 1. The molecule has 5 heteroatoms. The Labute approximate surface area is 160 Å². The molecule has 0 spiro atoms. The number of rotatable bonds is 5. The fourth-order valence-electron chi connectivity index (χ4n) is 3.31. The maximum atomic E-state index is 12.4. The molecule has 3 rings (SSSR count). The number of carbonyl (C=O) groups is 1. The molecule has 0 bridgehead atoms. The summed E-state index contributed by atoms with van der Waals surface area (Å²) in [5.41, 5.74) is 10.2. The lowest BCUT2D eigenvalue weighted by atomic mass is 10.00. The Balaban J connectivity index is 1.59. The van der Waals surface area contributed by atoms with Crippen molar-refractivity contribution in [3.05, 3.63) is 65.2 Å². The van der Waals surface area contributed by atoms with Crippen LogP contribution in [0.2, 0.25) is 0 Å². The number of nitrogens with two attached hydrogens (primary N) is 1. The first kappa shape index (κ1) is 19.1. The number of nitrogens with zero attached hydrogens (tertiary/aromatic N) is 1. The second kappa shape index (κ2) is 8.84. The van der Waals surface area contributed by atoms with Crippen molar-refractivity contribution in [2.75, 3.05) is 30.7 Å². The first-order chi connectivity index (χ1) is 13.0. The second-order valence-corrected chi connectivity index (χ2v) is 7.12. The molecule has 1 heterocycles. The number of aliphatic hydroxyl groups excluding tert-OH is 1. The van der Waals surface area contributed by atoms with Gasteiger partial charge in [0.25, 0.3) is 5.91 Å². The highest BCUT2D eigenvalue weighted by molar-refractivity contribution is 6.05. The van der Waals surface area contributed by atoms with E-state index in [1.807, 2.05) is 43.3 Å². The standard InChI is InChI=1S/C22H27N3O2/c1-16(26)15-25-12-10-18(11-13-25)14-17-6-8-19(9-7-17)22(27)24-21-5-3-2-4-20(21)23/h2-9,14,16,26H,10-13,15,23H2,1H3,(H,24,27). The van der Waals surface area contributed by atoms with Crippen molar-refractivity contribution in [3.63, 3.8) is 0 Å². The summed E-state index contributed by atoms with van der Waals surface area (Å²) >= 11 is 0. The molecule has 0 aliphatic carbocycles. The number of amides is 1. The highest BCUT2D eigenvalue weighted by atomic mass is 16.3. The normalized spacial score (nSPS) is 16.0. The van der Waals surface area contributed by atoms with Gasteiger partial charge in [-0.25, -0.2) is 0 Å². The Kier molecular flexibility index (Phi) is 6.27. The first-order valence-electron chi connectivity index (χ1n) is 9.37. The predicted molar refractivity (Wildman–Crippen MR) is 111 cm³/mol. The lowest BCUT2D eigenvalue weighted by Gasteiger charge is -2.29. The third-order valence-electron chi connectivity index (χ3n) is 4.77. The zero-order valence-electron chi connectivity index (χ0n) is 15.7. The fourth-order valence-corrected chi connectivity index (χ4v) is 3.31. The summed E-state index contributed by atoms with van der Waals surface area (Å²) in [5, 5.41) is 12.3. The van der Waals surface area contributed by atoms with Gasteiger partial charge in [0.1, 0.15) is 0 Å². The Bertz CT molecular complexity index is 803. The van der Waals surface area contributed by atoms with E-state index in [1.165, 1.54) is 5.57 Å². The van der Waals surface area contributed by atoms with Crippen LogP contribution in [0.25, 0.3) is 6.08 Å². The van der Waals surface area contributed by atoms with Gasteiger partial charge in [-0.05, 0) is 49.6 Å². The maximum Gasteiger partial charge on any atom is 0.255 e. The van der Waals surface area contributed by atoms with Crippen molar-refractivity contribution in [2.24, 2.45) is 0 Å². The molecule has 2 aromatic rings. The molecule has 1 aliphatic rings. The highest BCUT2D eigenvalue weighted by Gasteiger charge is 2.15. The Morgan fingerprint density at radius 1 is 1.19 bits per heavy atom. The summed E-state index contributed by atoms with van der Waals surface area (Å²) in [6.45, 7) is 4.53. The monoisotopic (exact) mass is 365 g/mol. The quantitative estimate of drug-likeness (QED) is 0.710. The Morgan fingerprint density at radius 3 is 2.48 bits per heavy atom. The predicted octanol–water partition coefficient (Wildman–Crippen LogP) is 3.38. The molecule has 0 aromatic heterocycles. The number of β-amino-alcohol motifs (C(OH)–C–C–N with tert-alkyl or cyclic N) is 1. The molecular formula is C22H27N3O2. The minimum atomic E-state index is -0.277. The summed E-state index contributed by atoms with van der Waals surface area (Å²) < 4.78 is 0. The average molecular weight is 365 g/mol.